The molecular weight excluding hydrogens is 427 g/mol. The topological polar surface area (TPSA) is 63.4 Å². The van der Waals surface area contributed by atoms with Crippen molar-refractivity contribution in [2.24, 2.45) is 0 Å². The molecular formula is C25H21FN2O3S. The zero-order chi connectivity index (χ0) is 22.7. The van der Waals surface area contributed by atoms with Crippen LogP contribution in [0.5, 0.6) is 0 Å². The van der Waals surface area contributed by atoms with Crippen LogP contribution in [0.4, 0.5) is 9.52 Å². The van der Waals surface area contributed by atoms with Gasteiger partial charge in [-0.2, -0.15) is 0 Å². The molecule has 5 rings (SSSR count). The maximum atomic E-state index is 13.9. The zero-order valence-corrected chi connectivity index (χ0v) is 18.9. The Morgan fingerprint density at radius 3 is 2.44 bits per heavy atom. The first-order valence-electron chi connectivity index (χ1n) is 10.4. The first-order chi connectivity index (χ1) is 15.3. The number of amides is 1. The Kier molecular flexibility index (Phi) is 4.74. The molecule has 0 saturated carbocycles. The van der Waals surface area contributed by atoms with Gasteiger partial charge in [0.25, 0.3) is 5.91 Å². The van der Waals surface area contributed by atoms with E-state index in [-0.39, 0.29) is 22.3 Å². The van der Waals surface area contributed by atoms with Gasteiger partial charge in [-0.15, -0.1) is 11.3 Å². The van der Waals surface area contributed by atoms with Crippen LogP contribution < -0.4 is 10.3 Å². The molecule has 1 aliphatic heterocycles. The van der Waals surface area contributed by atoms with Gasteiger partial charge >= 0.3 is 0 Å². The molecule has 1 amide bonds. The lowest BCUT2D eigenvalue weighted by atomic mass is 9.95. The number of carbonyl (C=O) groups excluding carboxylic acids is 1. The summed E-state index contributed by atoms with van der Waals surface area (Å²) in [6.07, 6.45) is 0. The van der Waals surface area contributed by atoms with Gasteiger partial charge < -0.3 is 4.42 Å². The molecule has 2 aromatic heterocycles. The predicted molar refractivity (Wildman–Crippen MR) is 123 cm³/mol. The number of hydrogen-bond donors (Lipinski definition) is 0. The van der Waals surface area contributed by atoms with Gasteiger partial charge in [0.1, 0.15) is 11.4 Å². The number of benzene rings is 2. The van der Waals surface area contributed by atoms with Crippen LogP contribution in [0.25, 0.3) is 11.0 Å². The molecule has 3 heterocycles. The maximum Gasteiger partial charge on any atom is 0.297 e. The van der Waals surface area contributed by atoms with Crippen LogP contribution in [0.15, 0.2) is 51.7 Å². The lowest BCUT2D eigenvalue weighted by molar-refractivity contribution is 0.0971. The Balaban J connectivity index is 1.79. The minimum Gasteiger partial charge on any atom is -0.450 e. The molecule has 32 heavy (non-hydrogen) atoms. The fourth-order valence-electron chi connectivity index (χ4n) is 4.08. The summed E-state index contributed by atoms with van der Waals surface area (Å²) in [5, 5.41) is 0.623. The largest absolute Gasteiger partial charge is 0.450 e. The normalized spacial score (nSPS) is 15.8. The van der Waals surface area contributed by atoms with E-state index in [1.54, 1.807) is 0 Å². The van der Waals surface area contributed by atoms with Gasteiger partial charge in [0, 0.05) is 4.88 Å². The molecule has 1 unspecified atom stereocenters. The van der Waals surface area contributed by atoms with Crippen LogP contribution in [0.3, 0.4) is 0 Å². The van der Waals surface area contributed by atoms with Gasteiger partial charge in [0.15, 0.2) is 10.6 Å². The van der Waals surface area contributed by atoms with Gasteiger partial charge in [0.2, 0.25) is 5.76 Å². The lowest BCUT2D eigenvalue weighted by Crippen LogP contribution is -2.29. The molecule has 7 heteroatoms. The van der Waals surface area contributed by atoms with Gasteiger partial charge in [-0.1, -0.05) is 38.1 Å². The molecule has 0 radical (unpaired) electrons. The molecule has 1 aliphatic rings. The third kappa shape index (κ3) is 3.07. The maximum absolute atomic E-state index is 13.9. The van der Waals surface area contributed by atoms with Crippen molar-refractivity contribution in [1.29, 1.82) is 0 Å². The molecule has 0 N–H and O–H groups in total. The number of aryl methyl sites for hydroxylation is 2. The summed E-state index contributed by atoms with van der Waals surface area (Å²) in [4.78, 5) is 34.1. The van der Waals surface area contributed by atoms with E-state index in [0.29, 0.717) is 11.0 Å². The van der Waals surface area contributed by atoms with Crippen LogP contribution in [-0.4, -0.2) is 10.9 Å². The van der Waals surface area contributed by atoms with E-state index in [1.807, 2.05) is 38.1 Å². The molecule has 5 nitrogen and oxygen atoms in total. The Hall–Kier alpha value is -3.32. The van der Waals surface area contributed by atoms with Crippen molar-refractivity contribution < 1.29 is 13.6 Å². The first-order valence-corrected chi connectivity index (χ1v) is 11.2. The summed E-state index contributed by atoms with van der Waals surface area (Å²) in [6, 6.07) is 10.9. The van der Waals surface area contributed by atoms with Gasteiger partial charge in [-0.25, -0.2) is 9.37 Å². The molecule has 2 aromatic carbocycles. The molecule has 0 aliphatic carbocycles. The summed E-state index contributed by atoms with van der Waals surface area (Å²) < 4.78 is 19.8. The minimum atomic E-state index is -0.701. The van der Waals surface area contributed by atoms with Crippen molar-refractivity contribution in [2.45, 2.75) is 39.7 Å². The number of thiazole rings is 1. The highest BCUT2D eigenvalue weighted by Gasteiger charge is 2.45. The van der Waals surface area contributed by atoms with Gasteiger partial charge in [0.05, 0.1) is 22.7 Å². The molecule has 0 spiro atoms. The number of nitrogens with zero attached hydrogens (tertiary/aromatic N) is 2. The monoisotopic (exact) mass is 448 g/mol. The van der Waals surface area contributed by atoms with Crippen LogP contribution >= 0.6 is 11.3 Å². The van der Waals surface area contributed by atoms with E-state index < -0.39 is 23.2 Å². The standard InChI is InChI=1S/C25H21FN2O3S/c1-12(2)15-5-7-16(8-6-15)21-20-22(29)18-11-17(26)9-10-19(18)31-23(20)24(30)28(21)25-27-13(3)14(4)32-25/h5-12,21H,1-4H3. The van der Waals surface area contributed by atoms with E-state index in [0.717, 1.165) is 27.8 Å². The average molecular weight is 449 g/mol. The molecule has 4 aromatic rings. The second-order valence-corrected chi connectivity index (χ2v) is 9.53. The average Bonchev–Trinajstić information content (AvgIpc) is 3.25. The van der Waals surface area contributed by atoms with Crippen molar-refractivity contribution >= 4 is 33.3 Å². The fourth-order valence-corrected chi connectivity index (χ4v) is 5.02. The Labute approximate surface area is 188 Å². The number of aromatic nitrogens is 1. The van der Waals surface area contributed by atoms with Crippen LogP contribution in [-0.2, 0) is 0 Å². The number of hydrogen-bond acceptors (Lipinski definition) is 5. The minimum absolute atomic E-state index is 0.0162. The number of carbonyl (C=O) groups is 1. The van der Waals surface area contributed by atoms with Crippen LogP contribution in [0, 0.1) is 19.7 Å². The van der Waals surface area contributed by atoms with Crippen molar-refractivity contribution in [1.82, 2.24) is 4.98 Å². The molecule has 162 valence electrons. The SMILES string of the molecule is Cc1nc(N2C(=O)c3oc4ccc(F)cc4c(=O)c3C2c2ccc(C(C)C)cc2)sc1C. The number of fused-ring (bicyclic) bond motifs is 2. The quantitative estimate of drug-likeness (QED) is 0.393. The first kappa shape index (κ1) is 20.6. The summed E-state index contributed by atoms with van der Waals surface area (Å²) in [5.74, 6) is -0.624. The van der Waals surface area contributed by atoms with E-state index in [4.69, 9.17) is 4.42 Å². The smallest absolute Gasteiger partial charge is 0.297 e. The molecule has 0 saturated heterocycles. The highest BCUT2D eigenvalue weighted by atomic mass is 32.1. The second kappa shape index (κ2) is 7.38. The lowest BCUT2D eigenvalue weighted by Gasteiger charge is -2.23. The number of anilines is 1. The van der Waals surface area contributed by atoms with E-state index in [9.17, 15) is 14.0 Å². The highest BCUT2D eigenvalue weighted by molar-refractivity contribution is 7.15. The van der Waals surface area contributed by atoms with Crippen molar-refractivity contribution in [2.75, 3.05) is 4.90 Å². The third-order valence-electron chi connectivity index (χ3n) is 5.97. The Morgan fingerprint density at radius 2 is 1.81 bits per heavy atom. The highest BCUT2D eigenvalue weighted by Crippen LogP contribution is 2.43. The molecule has 0 bridgehead atoms. The van der Waals surface area contributed by atoms with E-state index in [1.165, 1.54) is 28.4 Å². The molecule has 1 atom stereocenters. The van der Waals surface area contributed by atoms with E-state index in [2.05, 4.69) is 18.8 Å². The summed E-state index contributed by atoms with van der Waals surface area (Å²) >= 11 is 1.40. The zero-order valence-electron chi connectivity index (χ0n) is 18.1. The van der Waals surface area contributed by atoms with Crippen molar-refractivity contribution in [3.63, 3.8) is 0 Å². The van der Waals surface area contributed by atoms with E-state index >= 15 is 0 Å². The van der Waals surface area contributed by atoms with Crippen LogP contribution in [0.1, 0.15) is 63.6 Å². The third-order valence-corrected chi connectivity index (χ3v) is 7.05. The van der Waals surface area contributed by atoms with Crippen LogP contribution in [0.2, 0.25) is 0 Å². The summed E-state index contributed by atoms with van der Waals surface area (Å²) in [7, 11) is 0. The second-order valence-electron chi connectivity index (χ2n) is 8.35. The fraction of sp³-hybridized carbons (Fsp3) is 0.240. The Morgan fingerprint density at radius 1 is 1.09 bits per heavy atom. The number of halogens is 1. The predicted octanol–water partition coefficient (Wildman–Crippen LogP) is 5.88. The Bertz CT molecular complexity index is 1420. The van der Waals surface area contributed by atoms with Crippen molar-refractivity contribution in [3.8, 4) is 0 Å². The van der Waals surface area contributed by atoms with Crippen molar-refractivity contribution in [3.05, 3.63) is 91.5 Å². The molecule has 0 fully saturated rings. The summed E-state index contributed by atoms with van der Waals surface area (Å²) in [5.41, 5.74) is 2.75. The van der Waals surface area contributed by atoms with Gasteiger partial charge in [-0.05, 0) is 49.1 Å². The van der Waals surface area contributed by atoms with Gasteiger partial charge in [-0.3, -0.25) is 14.5 Å². The summed E-state index contributed by atoms with van der Waals surface area (Å²) in [6.45, 7) is 8.03. The number of rotatable bonds is 3.